The van der Waals surface area contributed by atoms with E-state index >= 15 is 0 Å². The van der Waals surface area contributed by atoms with Crippen LogP contribution in [0.4, 0.5) is 0 Å². The molecule has 0 aromatic heterocycles. The largest absolute Gasteiger partial charge is 0.469 e. The van der Waals surface area contributed by atoms with Gasteiger partial charge in [0.1, 0.15) is 0 Å². The number of esters is 1. The van der Waals surface area contributed by atoms with Gasteiger partial charge in [0.15, 0.2) is 0 Å². The van der Waals surface area contributed by atoms with E-state index in [2.05, 4.69) is 24.1 Å². The molecule has 1 fully saturated rings. The van der Waals surface area contributed by atoms with Crippen LogP contribution < -0.4 is 0 Å². The van der Waals surface area contributed by atoms with Crippen LogP contribution >= 0.6 is 0 Å². The number of nitriles is 1. The van der Waals surface area contributed by atoms with Gasteiger partial charge in [-0.15, -0.1) is 0 Å². The number of ether oxygens (including phenoxy) is 1. The van der Waals surface area contributed by atoms with Crippen molar-refractivity contribution in [2.75, 3.05) is 7.11 Å². The zero-order valence-electron chi connectivity index (χ0n) is 11.1. The zero-order valence-corrected chi connectivity index (χ0v) is 11.1. The highest BCUT2D eigenvalue weighted by atomic mass is 16.5. The van der Waals surface area contributed by atoms with Crippen molar-refractivity contribution < 1.29 is 9.53 Å². The van der Waals surface area contributed by atoms with Crippen molar-refractivity contribution in [3.05, 3.63) is 12.2 Å². The summed E-state index contributed by atoms with van der Waals surface area (Å²) in [5.41, 5.74) is 0.937. The second kappa shape index (κ2) is 7.65. The number of hydrogen-bond donors (Lipinski definition) is 0. The molecule has 1 saturated carbocycles. The summed E-state index contributed by atoms with van der Waals surface area (Å²) < 4.78 is 4.72. The van der Waals surface area contributed by atoms with Crippen LogP contribution in [0.3, 0.4) is 0 Å². The third-order valence-corrected chi connectivity index (χ3v) is 3.41. The molecule has 2 atom stereocenters. The number of carbonyl (C=O) groups is 1. The van der Waals surface area contributed by atoms with Crippen LogP contribution in [0.1, 0.15) is 39.0 Å². The molecule has 0 bridgehead atoms. The minimum atomic E-state index is -0.178. The minimum absolute atomic E-state index is 0.178. The summed E-state index contributed by atoms with van der Waals surface area (Å²) in [4.78, 5) is 15.3. The fourth-order valence-corrected chi connectivity index (χ4v) is 2.47. The van der Waals surface area contributed by atoms with E-state index in [4.69, 9.17) is 10.00 Å². The summed E-state index contributed by atoms with van der Waals surface area (Å²) in [6, 6.07) is 0. The first-order valence-corrected chi connectivity index (χ1v) is 6.40. The van der Waals surface area contributed by atoms with E-state index < -0.39 is 0 Å². The Hall–Kier alpha value is -1.63. The van der Waals surface area contributed by atoms with E-state index in [0.717, 1.165) is 31.4 Å². The smallest absolute Gasteiger partial charge is 0.305 e. The van der Waals surface area contributed by atoms with Gasteiger partial charge in [-0.1, -0.05) is 19.1 Å². The molecule has 0 aromatic rings. The van der Waals surface area contributed by atoms with Gasteiger partial charge in [0.05, 0.1) is 7.11 Å². The molecule has 18 heavy (non-hydrogen) atoms. The molecule has 1 rings (SSSR count). The molecule has 4 nitrogen and oxygen atoms in total. The Bertz CT molecular complexity index is 380. The molecule has 0 N–H and O–H groups in total. The molecular formula is C14H20N2O2. The standard InChI is InChI=1S/C14H20N2O2/c1-3-4-5-6-12-11(9-14(17)18-2)7-8-13(12)16-10-15/h4-5,11-12H,3,6-9H2,1-2H3/b5-4-,16-13?. The lowest BCUT2D eigenvalue weighted by atomic mass is 9.89. The number of aliphatic imine (C=N–C) groups is 1. The summed E-state index contributed by atoms with van der Waals surface area (Å²) in [6.45, 7) is 2.08. The molecule has 98 valence electrons. The lowest BCUT2D eigenvalue weighted by molar-refractivity contribution is -0.141. The maximum Gasteiger partial charge on any atom is 0.305 e. The highest BCUT2D eigenvalue weighted by Gasteiger charge is 2.33. The van der Waals surface area contributed by atoms with E-state index in [1.807, 2.05) is 6.19 Å². The van der Waals surface area contributed by atoms with Gasteiger partial charge in [0.2, 0.25) is 6.19 Å². The van der Waals surface area contributed by atoms with Crippen molar-refractivity contribution in [1.29, 1.82) is 5.26 Å². The molecule has 0 amide bonds. The number of methoxy groups -OCH3 is 1. The number of hydrogen-bond acceptors (Lipinski definition) is 4. The second-order valence-electron chi connectivity index (χ2n) is 4.50. The van der Waals surface area contributed by atoms with E-state index in [1.165, 1.54) is 7.11 Å². The molecule has 0 saturated heterocycles. The molecule has 0 heterocycles. The number of nitrogens with zero attached hydrogens (tertiary/aromatic N) is 2. The highest BCUT2D eigenvalue weighted by Crippen LogP contribution is 2.35. The van der Waals surface area contributed by atoms with Crippen molar-refractivity contribution in [3.8, 4) is 6.19 Å². The number of allylic oxidation sites excluding steroid dienone is 2. The van der Waals surface area contributed by atoms with Gasteiger partial charge in [-0.05, 0) is 31.6 Å². The van der Waals surface area contributed by atoms with E-state index in [1.54, 1.807) is 0 Å². The normalized spacial score (nSPS) is 25.5. The van der Waals surface area contributed by atoms with Gasteiger partial charge in [0, 0.05) is 18.1 Å². The van der Waals surface area contributed by atoms with Crippen LogP contribution in [-0.2, 0) is 9.53 Å². The molecule has 2 unspecified atom stereocenters. The van der Waals surface area contributed by atoms with E-state index in [-0.39, 0.29) is 17.8 Å². The Balaban J connectivity index is 2.71. The number of rotatable bonds is 5. The summed E-state index contributed by atoms with van der Waals surface area (Å²) in [5.74, 6) is 0.292. The van der Waals surface area contributed by atoms with Gasteiger partial charge in [-0.2, -0.15) is 10.3 Å². The second-order valence-corrected chi connectivity index (χ2v) is 4.50. The molecule has 4 heteroatoms. The molecule has 0 aromatic carbocycles. The molecule has 0 radical (unpaired) electrons. The third kappa shape index (κ3) is 3.99. The van der Waals surface area contributed by atoms with Crippen LogP contribution in [-0.4, -0.2) is 18.8 Å². The molecule has 1 aliphatic carbocycles. The van der Waals surface area contributed by atoms with E-state index in [0.29, 0.717) is 6.42 Å². The third-order valence-electron chi connectivity index (χ3n) is 3.41. The first-order chi connectivity index (χ1) is 8.72. The Morgan fingerprint density at radius 1 is 1.61 bits per heavy atom. The zero-order chi connectivity index (χ0) is 13.4. The SMILES string of the molecule is CC/C=C\CC1C(=NC#N)CCC1CC(=O)OC. The topological polar surface area (TPSA) is 62.5 Å². The summed E-state index contributed by atoms with van der Waals surface area (Å²) in [7, 11) is 1.41. The van der Waals surface area contributed by atoms with Crippen LogP contribution in [0.2, 0.25) is 0 Å². The Labute approximate surface area is 108 Å². The molecule has 0 spiro atoms. The van der Waals surface area contributed by atoms with Crippen molar-refractivity contribution in [3.63, 3.8) is 0 Å². The predicted molar refractivity (Wildman–Crippen MR) is 69.9 cm³/mol. The van der Waals surface area contributed by atoms with Crippen LogP contribution in [0.25, 0.3) is 0 Å². The van der Waals surface area contributed by atoms with Gasteiger partial charge in [0.25, 0.3) is 0 Å². The average Bonchev–Trinajstić information content (AvgIpc) is 2.73. The average molecular weight is 248 g/mol. The van der Waals surface area contributed by atoms with Crippen molar-refractivity contribution in [2.45, 2.75) is 39.0 Å². The summed E-state index contributed by atoms with van der Waals surface area (Å²) >= 11 is 0. The monoisotopic (exact) mass is 248 g/mol. The molecule has 0 aliphatic heterocycles. The Kier molecular flexibility index (Phi) is 6.13. The van der Waals surface area contributed by atoms with Crippen molar-refractivity contribution in [2.24, 2.45) is 16.8 Å². The maximum atomic E-state index is 11.4. The Morgan fingerprint density at radius 2 is 2.39 bits per heavy atom. The van der Waals surface area contributed by atoms with Gasteiger partial charge < -0.3 is 4.74 Å². The highest BCUT2D eigenvalue weighted by molar-refractivity contribution is 5.90. The molecule has 1 aliphatic rings. The fourth-order valence-electron chi connectivity index (χ4n) is 2.47. The fraction of sp³-hybridized carbons (Fsp3) is 0.643. The minimum Gasteiger partial charge on any atom is -0.469 e. The lowest BCUT2D eigenvalue weighted by Gasteiger charge is -2.16. The summed E-state index contributed by atoms with van der Waals surface area (Å²) in [6.07, 6.45) is 10.1. The van der Waals surface area contributed by atoms with Gasteiger partial charge >= 0.3 is 5.97 Å². The van der Waals surface area contributed by atoms with Gasteiger partial charge in [-0.25, -0.2) is 0 Å². The maximum absolute atomic E-state index is 11.4. The predicted octanol–water partition coefficient (Wildman–Crippen LogP) is 2.85. The molecular weight excluding hydrogens is 228 g/mol. The lowest BCUT2D eigenvalue weighted by Crippen LogP contribution is -2.18. The van der Waals surface area contributed by atoms with Crippen LogP contribution in [0.15, 0.2) is 17.1 Å². The first-order valence-electron chi connectivity index (χ1n) is 6.40. The van der Waals surface area contributed by atoms with Crippen LogP contribution in [0, 0.1) is 23.3 Å². The van der Waals surface area contributed by atoms with Crippen molar-refractivity contribution >= 4 is 11.7 Å². The number of carbonyl (C=O) groups excluding carboxylic acids is 1. The van der Waals surface area contributed by atoms with Crippen molar-refractivity contribution in [1.82, 2.24) is 0 Å². The van der Waals surface area contributed by atoms with E-state index in [9.17, 15) is 4.79 Å². The van der Waals surface area contributed by atoms with Gasteiger partial charge in [-0.3, -0.25) is 4.79 Å². The quantitative estimate of drug-likeness (QED) is 0.427. The van der Waals surface area contributed by atoms with Crippen LogP contribution in [0.5, 0.6) is 0 Å². The first kappa shape index (κ1) is 14.4. The Morgan fingerprint density at radius 3 is 3.00 bits per heavy atom. The summed E-state index contributed by atoms with van der Waals surface area (Å²) in [5, 5.41) is 8.68.